The minimum atomic E-state index is -0.374. The Morgan fingerprint density at radius 3 is 2.95 bits per heavy atom. The predicted molar refractivity (Wildman–Crippen MR) is 88.9 cm³/mol. The molecule has 0 aliphatic carbocycles. The van der Waals surface area contributed by atoms with Gasteiger partial charge >= 0.3 is 0 Å². The number of thioether (sulfide) groups is 1. The Balaban J connectivity index is 1.94. The maximum absolute atomic E-state index is 12.2. The molecule has 2 rings (SSSR count). The molecule has 1 aliphatic heterocycles. The Morgan fingerprint density at radius 2 is 2.23 bits per heavy atom. The van der Waals surface area contributed by atoms with Crippen molar-refractivity contribution in [2.45, 2.75) is 17.9 Å². The minimum absolute atomic E-state index is 0.0409. The number of para-hydroxylation sites is 1. The van der Waals surface area contributed by atoms with Crippen molar-refractivity contribution in [3.63, 3.8) is 0 Å². The lowest BCUT2D eigenvalue weighted by atomic mass is 10.2. The molecule has 22 heavy (non-hydrogen) atoms. The van der Waals surface area contributed by atoms with Crippen LogP contribution in [0.4, 0.5) is 5.69 Å². The van der Waals surface area contributed by atoms with Gasteiger partial charge in [0.1, 0.15) is 0 Å². The van der Waals surface area contributed by atoms with Gasteiger partial charge in [-0.3, -0.25) is 14.5 Å². The zero-order chi connectivity index (χ0) is 15.9. The molecule has 4 N–H and O–H groups in total. The van der Waals surface area contributed by atoms with E-state index in [1.165, 1.54) is 11.8 Å². The molecule has 0 unspecified atom stereocenters. The van der Waals surface area contributed by atoms with E-state index < -0.39 is 0 Å². The number of nitrogens with two attached hydrogens (primary N) is 1. The van der Waals surface area contributed by atoms with Gasteiger partial charge in [0.05, 0.1) is 18.0 Å². The summed E-state index contributed by atoms with van der Waals surface area (Å²) in [5, 5.41) is 6.23. The third kappa shape index (κ3) is 5.01. The lowest BCUT2D eigenvalue weighted by Crippen LogP contribution is -2.52. The summed E-state index contributed by atoms with van der Waals surface area (Å²) < 4.78 is 0. The van der Waals surface area contributed by atoms with E-state index >= 15 is 0 Å². The second-order valence-electron chi connectivity index (χ2n) is 5.32. The number of primary amides is 1. The molecule has 1 heterocycles. The van der Waals surface area contributed by atoms with Crippen LogP contribution in [0.3, 0.4) is 0 Å². The highest BCUT2D eigenvalue weighted by Crippen LogP contribution is 2.26. The van der Waals surface area contributed by atoms with Gasteiger partial charge in [-0.15, -0.1) is 11.8 Å². The third-order valence-corrected chi connectivity index (χ3v) is 4.61. The fraction of sp³-hybridized carbons (Fsp3) is 0.467. The highest BCUT2D eigenvalue weighted by Gasteiger charge is 2.20. The number of anilines is 1. The molecule has 1 aromatic rings. The van der Waals surface area contributed by atoms with E-state index in [-0.39, 0.29) is 17.6 Å². The first-order valence-electron chi connectivity index (χ1n) is 7.31. The molecular formula is C15H22N4O2S. The van der Waals surface area contributed by atoms with Gasteiger partial charge < -0.3 is 16.4 Å². The molecule has 0 radical (unpaired) electrons. The molecule has 1 saturated heterocycles. The smallest absolute Gasteiger partial charge is 0.238 e. The third-order valence-electron chi connectivity index (χ3n) is 3.52. The van der Waals surface area contributed by atoms with E-state index in [1.807, 2.05) is 24.3 Å². The van der Waals surface area contributed by atoms with Crippen LogP contribution in [-0.2, 0) is 9.59 Å². The number of piperazine rings is 1. The zero-order valence-electron chi connectivity index (χ0n) is 12.7. The molecule has 6 nitrogen and oxygen atoms in total. The molecule has 0 aromatic heterocycles. The molecule has 2 amide bonds. The number of nitrogens with one attached hydrogen (secondary N) is 2. The van der Waals surface area contributed by atoms with Crippen LogP contribution in [0.25, 0.3) is 0 Å². The maximum atomic E-state index is 12.2. The SMILES string of the molecule is C[C@@H]1CNCCN1CC(=O)Nc1ccccc1SCC(N)=O. The summed E-state index contributed by atoms with van der Waals surface area (Å²) in [6.07, 6.45) is 0. The van der Waals surface area contributed by atoms with Gasteiger partial charge in [-0.25, -0.2) is 0 Å². The molecule has 0 spiro atoms. The average molecular weight is 322 g/mol. The fourth-order valence-electron chi connectivity index (χ4n) is 2.34. The quantitative estimate of drug-likeness (QED) is 0.664. The van der Waals surface area contributed by atoms with Crippen LogP contribution in [0.5, 0.6) is 0 Å². The number of hydrogen-bond donors (Lipinski definition) is 3. The number of carbonyl (C=O) groups is 2. The number of rotatable bonds is 6. The van der Waals surface area contributed by atoms with Gasteiger partial charge in [0.2, 0.25) is 11.8 Å². The maximum Gasteiger partial charge on any atom is 0.238 e. The summed E-state index contributed by atoms with van der Waals surface area (Å²) in [5.41, 5.74) is 5.89. The number of nitrogens with zero attached hydrogens (tertiary/aromatic N) is 1. The lowest BCUT2D eigenvalue weighted by Gasteiger charge is -2.33. The van der Waals surface area contributed by atoms with Crippen LogP contribution in [0.1, 0.15) is 6.92 Å². The summed E-state index contributed by atoms with van der Waals surface area (Å²) in [6.45, 7) is 5.15. The second kappa shape index (κ2) is 8.17. The summed E-state index contributed by atoms with van der Waals surface area (Å²) in [6, 6.07) is 7.78. The van der Waals surface area contributed by atoms with Gasteiger partial charge in [0, 0.05) is 30.6 Å². The summed E-state index contributed by atoms with van der Waals surface area (Å²) in [5.74, 6) is -0.219. The van der Waals surface area contributed by atoms with Crippen molar-refractivity contribution in [2.75, 3.05) is 37.2 Å². The first-order valence-corrected chi connectivity index (χ1v) is 8.29. The van der Waals surface area contributed by atoms with Crippen LogP contribution in [0.15, 0.2) is 29.2 Å². The van der Waals surface area contributed by atoms with Gasteiger partial charge in [0.25, 0.3) is 0 Å². The van der Waals surface area contributed by atoms with Crippen LogP contribution in [-0.4, -0.2) is 54.7 Å². The number of benzene rings is 1. The van der Waals surface area contributed by atoms with Crippen molar-refractivity contribution in [1.29, 1.82) is 0 Å². The van der Waals surface area contributed by atoms with E-state index in [2.05, 4.69) is 22.5 Å². The van der Waals surface area contributed by atoms with Gasteiger partial charge in [0.15, 0.2) is 0 Å². The standard InChI is InChI=1S/C15H22N4O2S/c1-11-8-17-6-7-19(11)9-15(21)18-12-4-2-3-5-13(12)22-10-14(16)20/h2-5,11,17H,6-10H2,1H3,(H2,16,20)(H,18,21)/t11-/m1/s1. The van der Waals surface area contributed by atoms with Crippen LogP contribution in [0, 0.1) is 0 Å². The van der Waals surface area contributed by atoms with E-state index in [0.717, 1.165) is 30.2 Å². The van der Waals surface area contributed by atoms with E-state index in [9.17, 15) is 9.59 Å². The van der Waals surface area contributed by atoms with E-state index in [0.29, 0.717) is 12.6 Å². The predicted octanol–water partition coefficient (Wildman–Crippen LogP) is 0.496. The van der Waals surface area contributed by atoms with Gasteiger partial charge in [-0.05, 0) is 19.1 Å². The van der Waals surface area contributed by atoms with Crippen molar-refractivity contribution in [2.24, 2.45) is 5.73 Å². The summed E-state index contributed by atoms with van der Waals surface area (Å²) >= 11 is 1.33. The molecule has 1 aliphatic rings. The van der Waals surface area contributed by atoms with Crippen molar-refractivity contribution >= 4 is 29.3 Å². The largest absolute Gasteiger partial charge is 0.369 e. The Bertz CT molecular complexity index is 538. The van der Waals surface area contributed by atoms with Crippen molar-refractivity contribution in [3.8, 4) is 0 Å². The molecule has 1 fully saturated rings. The second-order valence-corrected chi connectivity index (χ2v) is 6.34. The van der Waals surface area contributed by atoms with Gasteiger partial charge in [-0.2, -0.15) is 0 Å². The highest BCUT2D eigenvalue weighted by molar-refractivity contribution is 8.00. The fourth-order valence-corrected chi connectivity index (χ4v) is 3.08. The van der Waals surface area contributed by atoms with Crippen LogP contribution in [0.2, 0.25) is 0 Å². The Hall–Kier alpha value is -1.57. The first kappa shape index (κ1) is 16.8. The first-order chi connectivity index (χ1) is 10.6. The summed E-state index contributed by atoms with van der Waals surface area (Å²) in [4.78, 5) is 26.2. The van der Waals surface area contributed by atoms with Crippen molar-refractivity contribution in [3.05, 3.63) is 24.3 Å². The van der Waals surface area contributed by atoms with Crippen molar-refractivity contribution in [1.82, 2.24) is 10.2 Å². The zero-order valence-corrected chi connectivity index (χ0v) is 13.5. The number of hydrogen-bond acceptors (Lipinski definition) is 5. The Kier molecular flexibility index (Phi) is 6.23. The molecule has 1 atom stereocenters. The molecule has 120 valence electrons. The van der Waals surface area contributed by atoms with Gasteiger partial charge in [-0.1, -0.05) is 12.1 Å². The summed E-state index contributed by atoms with van der Waals surface area (Å²) in [7, 11) is 0. The van der Waals surface area contributed by atoms with Crippen LogP contribution < -0.4 is 16.4 Å². The molecular weight excluding hydrogens is 300 g/mol. The topological polar surface area (TPSA) is 87.5 Å². The Morgan fingerprint density at radius 1 is 1.45 bits per heavy atom. The molecule has 1 aromatic carbocycles. The minimum Gasteiger partial charge on any atom is -0.369 e. The van der Waals surface area contributed by atoms with E-state index in [1.54, 1.807) is 0 Å². The molecule has 0 bridgehead atoms. The lowest BCUT2D eigenvalue weighted by molar-refractivity contribution is -0.118. The number of carbonyl (C=O) groups excluding carboxylic acids is 2. The monoisotopic (exact) mass is 322 g/mol. The van der Waals surface area contributed by atoms with Crippen molar-refractivity contribution < 1.29 is 9.59 Å². The molecule has 0 saturated carbocycles. The highest BCUT2D eigenvalue weighted by atomic mass is 32.2. The van der Waals surface area contributed by atoms with Crippen LogP contribution >= 0.6 is 11.8 Å². The average Bonchev–Trinajstić information content (AvgIpc) is 2.48. The Labute approximate surface area is 134 Å². The normalized spacial score (nSPS) is 18.9. The molecule has 7 heteroatoms. The van der Waals surface area contributed by atoms with E-state index in [4.69, 9.17) is 5.73 Å². The number of amides is 2.